The first kappa shape index (κ1) is 13.7. The Morgan fingerprint density at radius 2 is 1.94 bits per heavy atom. The van der Waals surface area contributed by atoms with Crippen LogP contribution in [0.1, 0.15) is 25.8 Å². The number of hydrogen-bond donors (Lipinski definition) is 1. The van der Waals surface area contributed by atoms with Crippen LogP contribution >= 0.6 is 0 Å². The summed E-state index contributed by atoms with van der Waals surface area (Å²) in [6.07, 6.45) is 1.07. The van der Waals surface area contributed by atoms with E-state index < -0.39 is 0 Å². The van der Waals surface area contributed by atoms with Gasteiger partial charge >= 0.3 is 5.97 Å². The van der Waals surface area contributed by atoms with E-state index in [0.717, 1.165) is 5.56 Å². The van der Waals surface area contributed by atoms with Crippen LogP contribution in [-0.4, -0.2) is 24.3 Å². The molecule has 0 spiro atoms. The highest BCUT2D eigenvalue weighted by Gasteiger charge is 2.18. The van der Waals surface area contributed by atoms with Crippen molar-refractivity contribution in [2.24, 2.45) is 5.41 Å². The predicted octanol–water partition coefficient (Wildman–Crippen LogP) is 2.18. The number of carbonyl (C=O) groups excluding carboxylic acids is 1. The van der Waals surface area contributed by atoms with Gasteiger partial charge < -0.3 is 9.84 Å². The molecule has 0 bridgehead atoms. The molecule has 1 aromatic rings. The van der Waals surface area contributed by atoms with Crippen LogP contribution in [0.25, 0.3) is 0 Å². The largest absolute Gasteiger partial charge is 0.465 e. The highest BCUT2D eigenvalue weighted by Crippen LogP contribution is 2.14. The van der Waals surface area contributed by atoms with E-state index >= 15 is 0 Å². The van der Waals surface area contributed by atoms with Gasteiger partial charge in [0.1, 0.15) is 0 Å². The molecule has 3 heteroatoms. The minimum atomic E-state index is -0.359. The maximum Gasteiger partial charge on any atom is 0.306 e. The highest BCUT2D eigenvalue weighted by molar-refractivity contribution is 5.69. The van der Waals surface area contributed by atoms with Crippen LogP contribution in [0.4, 0.5) is 0 Å². The van der Waals surface area contributed by atoms with Crippen LogP contribution in [0.2, 0.25) is 0 Å². The standard InChI is InChI=1S/C14H20O3/c1-14(2,10-15)11-17-13(16)9-8-12-6-4-3-5-7-12/h3-7,15H,8-11H2,1-2H3. The second kappa shape index (κ2) is 6.40. The molecule has 0 fully saturated rings. The minimum absolute atomic E-state index is 0.0129. The van der Waals surface area contributed by atoms with Crippen molar-refractivity contribution in [2.75, 3.05) is 13.2 Å². The zero-order valence-electron chi connectivity index (χ0n) is 10.5. The van der Waals surface area contributed by atoms with Gasteiger partial charge in [-0.3, -0.25) is 4.79 Å². The highest BCUT2D eigenvalue weighted by atomic mass is 16.5. The molecular formula is C14H20O3. The summed E-state index contributed by atoms with van der Waals surface area (Å²) >= 11 is 0. The van der Waals surface area contributed by atoms with Crippen molar-refractivity contribution < 1.29 is 14.6 Å². The number of ether oxygens (including phenoxy) is 1. The summed E-state index contributed by atoms with van der Waals surface area (Å²) in [5.41, 5.74) is 0.772. The quantitative estimate of drug-likeness (QED) is 0.770. The lowest BCUT2D eigenvalue weighted by Crippen LogP contribution is -2.25. The van der Waals surface area contributed by atoms with Crippen molar-refractivity contribution in [3.05, 3.63) is 35.9 Å². The van der Waals surface area contributed by atoms with Crippen molar-refractivity contribution in [3.63, 3.8) is 0 Å². The summed E-state index contributed by atoms with van der Waals surface area (Å²) in [4.78, 5) is 11.5. The van der Waals surface area contributed by atoms with Gasteiger partial charge in [-0.05, 0) is 12.0 Å². The number of carbonyl (C=O) groups is 1. The van der Waals surface area contributed by atoms with E-state index in [9.17, 15) is 4.79 Å². The van der Waals surface area contributed by atoms with Crippen molar-refractivity contribution in [2.45, 2.75) is 26.7 Å². The molecule has 0 heterocycles. The summed E-state index contributed by atoms with van der Waals surface area (Å²) in [5, 5.41) is 9.02. The Hall–Kier alpha value is -1.35. The van der Waals surface area contributed by atoms with Crippen molar-refractivity contribution in [3.8, 4) is 0 Å². The van der Waals surface area contributed by atoms with Crippen LogP contribution in [0.15, 0.2) is 30.3 Å². The summed E-state index contributed by atoms with van der Waals surface area (Å²) in [5.74, 6) is -0.213. The molecule has 0 aliphatic heterocycles. The Morgan fingerprint density at radius 3 is 2.53 bits per heavy atom. The molecule has 0 amide bonds. The topological polar surface area (TPSA) is 46.5 Å². The number of hydrogen-bond acceptors (Lipinski definition) is 3. The third-order valence-electron chi connectivity index (χ3n) is 2.51. The molecule has 1 aromatic carbocycles. The third kappa shape index (κ3) is 5.50. The van der Waals surface area contributed by atoms with Crippen LogP contribution in [0.3, 0.4) is 0 Å². The van der Waals surface area contributed by atoms with Crippen LogP contribution in [0.5, 0.6) is 0 Å². The lowest BCUT2D eigenvalue weighted by molar-refractivity contribution is -0.147. The van der Waals surface area contributed by atoms with Crippen molar-refractivity contribution in [1.82, 2.24) is 0 Å². The Kier molecular flexibility index (Phi) is 5.16. The van der Waals surface area contributed by atoms with Crippen LogP contribution in [0, 0.1) is 5.41 Å². The van der Waals surface area contributed by atoms with E-state index in [0.29, 0.717) is 12.8 Å². The Morgan fingerprint density at radius 1 is 1.29 bits per heavy atom. The number of aliphatic hydroxyl groups is 1. The van der Waals surface area contributed by atoms with E-state index in [1.165, 1.54) is 0 Å². The molecular weight excluding hydrogens is 216 g/mol. The zero-order valence-corrected chi connectivity index (χ0v) is 10.5. The first-order chi connectivity index (χ1) is 8.03. The number of benzene rings is 1. The zero-order chi connectivity index (χ0) is 12.7. The Balaban J connectivity index is 2.27. The van der Waals surface area contributed by atoms with Gasteiger partial charge in [0.2, 0.25) is 0 Å². The number of esters is 1. The van der Waals surface area contributed by atoms with Gasteiger partial charge in [-0.2, -0.15) is 0 Å². The van der Waals surface area contributed by atoms with Gasteiger partial charge in [0.05, 0.1) is 13.2 Å². The Bertz CT molecular complexity index is 344. The molecule has 3 nitrogen and oxygen atoms in total. The van der Waals surface area contributed by atoms with Gasteiger partial charge in [0.25, 0.3) is 0 Å². The molecule has 0 aromatic heterocycles. The van der Waals surface area contributed by atoms with E-state index in [1.807, 2.05) is 44.2 Å². The lowest BCUT2D eigenvalue weighted by atomic mass is 9.96. The molecule has 0 aliphatic carbocycles. The molecule has 0 unspecified atom stereocenters. The summed E-state index contributed by atoms with van der Waals surface area (Å²) in [7, 11) is 0. The smallest absolute Gasteiger partial charge is 0.306 e. The Labute approximate surface area is 102 Å². The van der Waals surface area contributed by atoms with Crippen molar-refractivity contribution in [1.29, 1.82) is 0 Å². The van der Waals surface area contributed by atoms with E-state index in [-0.39, 0.29) is 24.6 Å². The molecule has 0 saturated heterocycles. The molecule has 1 rings (SSSR count). The summed E-state index contributed by atoms with van der Waals surface area (Å²) in [6.45, 7) is 3.99. The molecule has 94 valence electrons. The summed E-state index contributed by atoms with van der Waals surface area (Å²) in [6, 6.07) is 9.84. The van der Waals surface area contributed by atoms with E-state index in [4.69, 9.17) is 9.84 Å². The van der Waals surface area contributed by atoms with Crippen LogP contribution < -0.4 is 0 Å². The lowest BCUT2D eigenvalue weighted by Gasteiger charge is -2.20. The van der Waals surface area contributed by atoms with Gasteiger partial charge in [0, 0.05) is 11.8 Å². The first-order valence-electron chi connectivity index (χ1n) is 5.84. The van der Waals surface area contributed by atoms with Gasteiger partial charge in [0.15, 0.2) is 0 Å². The maximum absolute atomic E-state index is 11.5. The van der Waals surface area contributed by atoms with Crippen LogP contribution in [-0.2, 0) is 16.0 Å². The van der Waals surface area contributed by atoms with E-state index in [2.05, 4.69) is 0 Å². The van der Waals surface area contributed by atoms with Gasteiger partial charge in [-0.1, -0.05) is 44.2 Å². The molecule has 0 aliphatic rings. The van der Waals surface area contributed by atoms with Crippen molar-refractivity contribution >= 4 is 5.97 Å². The second-order valence-electron chi connectivity index (χ2n) is 4.97. The maximum atomic E-state index is 11.5. The van der Waals surface area contributed by atoms with Gasteiger partial charge in [-0.15, -0.1) is 0 Å². The number of rotatable bonds is 6. The van der Waals surface area contributed by atoms with E-state index in [1.54, 1.807) is 0 Å². The monoisotopic (exact) mass is 236 g/mol. The third-order valence-corrected chi connectivity index (χ3v) is 2.51. The minimum Gasteiger partial charge on any atom is -0.465 e. The first-order valence-corrected chi connectivity index (χ1v) is 5.84. The normalized spacial score (nSPS) is 11.2. The second-order valence-corrected chi connectivity index (χ2v) is 4.97. The molecule has 0 saturated carbocycles. The fourth-order valence-corrected chi connectivity index (χ4v) is 1.28. The fourth-order valence-electron chi connectivity index (χ4n) is 1.28. The SMILES string of the molecule is CC(C)(CO)COC(=O)CCc1ccccc1. The average Bonchev–Trinajstić information content (AvgIpc) is 2.35. The molecule has 0 atom stereocenters. The number of aliphatic hydroxyl groups excluding tert-OH is 1. The molecule has 1 N–H and O–H groups in total. The predicted molar refractivity (Wildman–Crippen MR) is 66.6 cm³/mol. The molecule has 17 heavy (non-hydrogen) atoms. The van der Waals surface area contributed by atoms with Gasteiger partial charge in [-0.25, -0.2) is 0 Å². The fraction of sp³-hybridized carbons (Fsp3) is 0.500. The number of aryl methyl sites for hydroxylation is 1. The summed E-state index contributed by atoms with van der Waals surface area (Å²) < 4.78 is 5.12. The molecule has 0 radical (unpaired) electrons. The average molecular weight is 236 g/mol.